The van der Waals surface area contributed by atoms with Gasteiger partial charge < -0.3 is 15.2 Å². The molecule has 0 radical (unpaired) electrons. The Kier molecular flexibility index (Phi) is 6.56. The van der Waals surface area contributed by atoms with Crippen LogP contribution in [0.15, 0.2) is 42.5 Å². The molecule has 150 valence electrons. The molecule has 0 bridgehead atoms. The second-order valence-electron chi connectivity index (χ2n) is 6.39. The molecule has 1 heterocycles. The fraction of sp³-hybridized carbons (Fsp3) is 0.316. The number of phenolic OH excluding ortho intramolecular Hbond substituents is 1. The van der Waals surface area contributed by atoms with Crippen LogP contribution in [0.4, 0.5) is 0 Å². The van der Waals surface area contributed by atoms with Crippen LogP contribution in [0.25, 0.3) is 0 Å². The highest BCUT2D eigenvalue weighted by Gasteiger charge is 2.25. The first-order valence-corrected chi connectivity index (χ1v) is 10.7. The third-order valence-electron chi connectivity index (χ3n) is 4.47. The van der Waals surface area contributed by atoms with Crippen LogP contribution >= 0.6 is 11.6 Å². The lowest BCUT2D eigenvalue weighted by Crippen LogP contribution is -2.41. The second kappa shape index (κ2) is 8.91. The molecule has 28 heavy (non-hydrogen) atoms. The van der Waals surface area contributed by atoms with Crippen LogP contribution in [0, 0.1) is 0 Å². The number of hydrogen-bond acceptors (Lipinski definition) is 5. The van der Waals surface area contributed by atoms with Crippen LogP contribution < -0.4 is 5.32 Å². The highest BCUT2D eigenvalue weighted by Crippen LogP contribution is 2.23. The van der Waals surface area contributed by atoms with E-state index in [4.69, 9.17) is 16.3 Å². The minimum absolute atomic E-state index is 0.0876. The predicted octanol–water partition coefficient (Wildman–Crippen LogP) is 2.14. The molecule has 0 spiro atoms. The summed E-state index contributed by atoms with van der Waals surface area (Å²) in [6, 6.07) is 11.3. The number of nitrogens with one attached hydrogen (secondary N) is 1. The number of nitrogens with zero attached hydrogens (tertiary/aromatic N) is 1. The SMILES string of the molecule is O=C(NCc1ccccc1CS(=O)(=O)N1CCOCC1)c1ccc(O)c(Cl)c1. The number of halogens is 1. The highest BCUT2D eigenvalue weighted by atomic mass is 35.5. The summed E-state index contributed by atoms with van der Waals surface area (Å²) >= 11 is 5.84. The van der Waals surface area contributed by atoms with Gasteiger partial charge in [0.05, 0.1) is 24.0 Å². The molecule has 0 aliphatic carbocycles. The summed E-state index contributed by atoms with van der Waals surface area (Å²) < 4.78 is 32.0. The van der Waals surface area contributed by atoms with Gasteiger partial charge in [0, 0.05) is 25.2 Å². The summed E-state index contributed by atoms with van der Waals surface area (Å²) in [4.78, 5) is 12.3. The molecule has 0 aromatic heterocycles. The number of hydrogen-bond donors (Lipinski definition) is 2. The van der Waals surface area contributed by atoms with Crippen LogP contribution in [-0.2, 0) is 27.1 Å². The third-order valence-corrected chi connectivity index (χ3v) is 6.60. The van der Waals surface area contributed by atoms with E-state index < -0.39 is 10.0 Å². The van der Waals surface area contributed by atoms with E-state index in [0.29, 0.717) is 37.4 Å². The average Bonchev–Trinajstić information content (AvgIpc) is 2.69. The van der Waals surface area contributed by atoms with Crippen LogP contribution in [0.5, 0.6) is 5.75 Å². The topological polar surface area (TPSA) is 95.9 Å². The van der Waals surface area contributed by atoms with Crippen molar-refractivity contribution in [2.24, 2.45) is 0 Å². The second-order valence-corrected chi connectivity index (χ2v) is 8.76. The number of rotatable bonds is 6. The molecule has 2 aromatic carbocycles. The molecular formula is C19H21ClN2O5S. The van der Waals surface area contributed by atoms with Gasteiger partial charge in [0.25, 0.3) is 5.91 Å². The normalized spacial score (nSPS) is 15.3. The first kappa shape index (κ1) is 20.6. The van der Waals surface area contributed by atoms with Crippen molar-refractivity contribution in [3.63, 3.8) is 0 Å². The van der Waals surface area contributed by atoms with Gasteiger partial charge in [-0.25, -0.2) is 8.42 Å². The number of ether oxygens (including phenoxy) is 1. The zero-order chi connectivity index (χ0) is 20.1. The van der Waals surface area contributed by atoms with E-state index in [1.807, 2.05) is 0 Å². The van der Waals surface area contributed by atoms with E-state index in [1.54, 1.807) is 24.3 Å². The predicted molar refractivity (Wildman–Crippen MR) is 106 cm³/mol. The molecule has 3 rings (SSSR count). The fourth-order valence-corrected chi connectivity index (χ4v) is 4.65. The lowest BCUT2D eigenvalue weighted by Gasteiger charge is -2.26. The zero-order valence-corrected chi connectivity index (χ0v) is 16.7. The van der Waals surface area contributed by atoms with Crippen molar-refractivity contribution in [1.29, 1.82) is 0 Å². The lowest BCUT2D eigenvalue weighted by molar-refractivity contribution is 0.0729. The van der Waals surface area contributed by atoms with Gasteiger partial charge in [0.15, 0.2) is 0 Å². The minimum Gasteiger partial charge on any atom is -0.506 e. The summed E-state index contributed by atoms with van der Waals surface area (Å²) in [6.07, 6.45) is 0. The fourth-order valence-electron chi connectivity index (χ4n) is 2.91. The number of carbonyl (C=O) groups is 1. The Morgan fingerprint density at radius 2 is 1.82 bits per heavy atom. The molecular weight excluding hydrogens is 404 g/mol. The van der Waals surface area contributed by atoms with Crippen molar-refractivity contribution < 1.29 is 23.1 Å². The first-order valence-electron chi connectivity index (χ1n) is 8.76. The number of carbonyl (C=O) groups excluding carboxylic acids is 1. The van der Waals surface area contributed by atoms with Gasteiger partial charge in [0.2, 0.25) is 10.0 Å². The Balaban J connectivity index is 1.70. The number of amides is 1. The molecule has 7 nitrogen and oxygen atoms in total. The molecule has 1 aliphatic rings. The first-order chi connectivity index (χ1) is 13.4. The van der Waals surface area contributed by atoms with Gasteiger partial charge in [-0.05, 0) is 29.3 Å². The summed E-state index contributed by atoms with van der Waals surface area (Å²) in [5, 5.41) is 12.3. The van der Waals surface area contributed by atoms with Crippen molar-refractivity contribution in [2.75, 3.05) is 26.3 Å². The average molecular weight is 425 g/mol. The highest BCUT2D eigenvalue weighted by molar-refractivity contribution is 7.88. The van der Waals surface area contributed by atoms with E-state index in [0.717, 1.165) is 5.56 Å². The monoisotopic (exact) mass is 424 g/mol. The Bertz CT molecular complexity index is 959. The van der Waals surface area contributed by atoms with E-state index in [2.05, 4.69) is 5.32 Å². The van der Waals surface area contributed by atoms with Gasteiger partial charge in [-0.15, -0.1) is 0 Å². The summed E-state index contributed by atoms with van der Waals surface area (Å²) in [6.45, 7) is 1.66. The smallest absolute Gasteiger partial charge is 0.251 e. The summed E-state index contributed by atoms with van der Waals surface area (Å²) in [7, 11) is -3.46. The Morgan fingerprint density at radius 3 is 2.50 bits per heavy atom. The maximum absolute atomic E-state index is 12.7. The molecule has 0 unspecified atom stereocenters. The molecule has 0 saturated carbocycles. The number of benzene rings is 2. The summed E-state index contributed by atoms with van der Waals surface area (Å²) in [5.74, 6) is -0.603. The maximum Gasteiger partial charge on any atom is 0.251 e. The van der Waals surface area contributed by atoms with Crippen LogP contribution in [0.3, 0.4) is 0 Å². The molecule has 1 aliphatic heterocycles. The van der Waals surface area contributed by atoms with Gasteiger partial charge >= 0.3 is 0 Å². The lowest BCUT2D eigenvalue weighted by atomic mass is 10.1. The Labute approximate surface area is 168 Å². The quantitative estimate of drug-likeness (QED) is 0.740. The molecule has 2 aromatic rings. The van der Waals surface area contributed by atoms with E-state index in [-0.39, 0.29) is 29.0 Å². The standard InChI is InChI=1S/C19H21ClN2O5S/c20-17-11-14(5-6-18(17)23)19(24)21-12-15-3-1-2-4-16(15)13-28(25,26)22-7-9-27-10-8-22/h1-6,11,23H,7-10,12-13H2,(H,21,24). The van der Waals surface area contributed by atoms with E-state index in [1.165, 1.54) is 22.5 Å². The number of phenols is 1. The van der Waals surface area contributed by atoms with Gasteiger partial charge in [-0.3, -0.25) is 4.79 Å². The Morgan fingerprint density at radius 1 is 1.14 bits per heavy atom. The van der Waals surface area contributed by atoms with Gasteiger partial charge in [-0.1, -0.05) is 35.9 Å². The maximum atomic E-state index is 12.7. The van der Waals surface area contributed by atoms with Crippen molar-refractivity contribution in [3.05, 3.63) is 64.2 Å². The molecule has 2 N–H and O–H groups in total. The number of aromatic hydroxyl groups is 1. The molecule has 1 amide bonds. The third kappa shape index (κ3) is 5.02. The van der Waals surface area contributed by atoms with Crippen LogP contribution in [0.2, 0.25) is 5.02 Å². The minimum atomic E-state index is -3.46. The summed E-state index contributed by atoms with van der Waals surface area (Å²) in [5.41, 5.74) is 1.66. The van der Waals surface area contributed by atoms with Gasteiger partial charge in [-0.2, -0.15) is 4.31 Å². The molecule has 1 fully saturated rings. The van der Waals surface area contributed by atoms with Crippen molar-refractivity contribution >= 4 is 27.5 Å². The van der Waals surface area contributed by atoms with Crippen molar-refractivity contribution in [3.8, 4) is 5.75 Å². The van der Waals surface area contributed by atoms with E-state index in [9.17, 15) is 18.3 Å². The molecule has 1 saturated heterocycles. The zero-order valence-electron chi connectivity index (χ0n) is 15.1. The van der Waals surface area contributed by atoms with Crippen molar-refractivity contribution in [2.45, 2.75) is 12.3 Å². The molecule has 9 heteroatoms. The van der Waals surface area contributed by atoms with Crippen LogP contribution in [0.1, 0.15) is 21.5 Å². The van der Waals surface area contributed by atoms with Crippen molar-refractivity contribution in [1.82, 2.24) is 9.62 Å². The van der Waals surface area contributed by atoms with Gasteiger partial charge in [0.1, 0.15) is 5.75 Å². The Hall–Kier alpha value is -2.13. The number of sulfonamides is 1. The largest absolute Gasteiger partial charge is 0.506 e. The molecule has 0 atom stereocenters. The van der Waals surface area contributed by atoms with Crippen LogP contribution in [-0.4, -0.2) is 50.0 Å². The van der Waals surface area contributed by atoms with E-state index >= 15 is 0 Å². The number of morpholine rings is 1.